The minimum absolute atomic E-state index is 0.288. The molecule has 1 heterocycles. The van der Waals surface area contributed by atoms with Crippen molar-refractivity contribution in [3.05, 3.63) is 0 Å². The molecule has 2 unspecified atom stereocenters. The molecule has 0 spiro atoms. The fourth-order valence-electron chi connectivity index (χ4n) is 3.82. The second-order valence-electron chi connectivity index (χ2n) is 7.22. The SMILES string of the molecule is CCNC(=NCCCOC1CCOC1)NCCC(OCC)C1CCCC1. The molecule has 0 aromatic rings. The Kier molecular flexibility index (Phi) is 11.0. The van der Waals surface area contributed by atoms with E-state index in [1.54, 1.807) is 0 Å². The van der Waals surface area contributed by atoms with Crippen LogP contribution in [0, 0.1) is 5.92 Å². The van der Waals surface area contributed by atoms with Crippen molar-refractivity contribution in [1.82, 2.24) is 10.6 Å². The van der Waals surface area contributed by atoms with Gasteiger partial charge in [0.15, 0.2) is 5.96 Å². The first kappa shape index (κ1) is 21.5. The van der Waals surface area contributed by atoms with Crippen molar-refractivity contribution in [2.75, 3.05) is 46.1 Å². The van der Waals surface area contributed by atoms with Crippen molar-refractivity contribution in [3.63, 3.8) is 0 Å². The summed E-state index contributed by atoms with van der Waals surface area (Å²) in [6.45, 7) is 9.90. The predicted octanol–water partition coefficient (Wildman–Crippen LogP) is 2.72. The maximum atomic E-state index is 6.00. The van der Waals surface area contributed by atoms with E-state index in [0.29, 0.717) is 6.10 Å². The molecule has 1 saturated heterocycles. The molecule has 2 rings (SSSR count). The highest BCUT2D eigenvalue weighted by atomic mass is 16.5. The van der Waals surface area contributed by atoms with Crippen LogP contribution in [0.3, 0.4) is 0 Å². The first-order valence-electron chi connectivity index (χ1n) is 10.7. The van der Waals surface area contributed by atoms with E-state index in [9.17, 15) is 0 Å². The molecule has 152 valence electrons. The van der Waals surface area contributed by atoms with E-state index < -0.39 is 0 Å². The van der Waals surface area contributed by atoms with Crippen molar-refractivity contribution in [3.8, 4) is 0 Å². The minimum Gasteiger partial charge on any atom is -0.379 e. The van der Waals surface area contributed by atoms with Gasteiger partial charge in [0.1, 0.15) is 0 Å². The molecular formula is C20H39N3O3. The summed E-state index contributed by atoms with van der Waals surface area (Å²) in [5.74, 6) is 1.64. The van der Waals surface area contributed by atoms with Gasteiger partial charge < -0.3 is 24.8 Å². The van der Waals surface area contributed by atoms with Gasteiger partial charge in [0.25, 0.3) is 0 Å². The topological polar surface area (TPSA) is 64.1 Å². The van der Waals surface area contributed by atoms with Gasteiger partial charge in [-0.2, -0.15) is 0 Å². The molecule has 0 aromatic carbocycles. The molecule has 0 bridgehead atoms. The summed E-state index contributed by atoms with van der Waals surface area (Å²) in [4.78, 5) is 4.66. The van der Waals surface area contributed by atoms with Crippen LogP contribution in [0.2, 0.25) is 0 Å². The summed E-state index contributed by atoms with van der Waals surface area (Å²) >= 11 is 0. The third-order valence-electron chi connectivity index (χ3n) is 5.19. The van der Waals surface area contributed by atoms with Gasteiger partial charge in [-0.15, -0.1) is 0 Å². The Labute approximate surface area is 159 Å². The lowest BCUT2D eigenvalue weighted by Crippen LogP contribution is -2.39. The van der Waals surface area contributed by atoms with Crippen molar-refractivity contribution < 1.29 is 14.2 Å². The fraction of sp³-hybridized carbons (Fsp3) is 0.950. The Bertz CT molecular complexity index is 380. The standard InChI is InChI=1S/C20H39N3O3/c1-3-21-20(22-12-7-14-26-18-11-15-24-16-18)23-13-10-19(25-4-2)17-8-5-6-9-17/h17-19H,3-16H2,1-2H3,(H2,21,22,23). The largest absolute Gasteiger partial charge is 0.379 e. The van der Waals surface area contributed by atoms with E-state index in [1.807, 2.05) is 0 Å². The summed E-state index contributed by atoms with van der Waals surface area (Å²) in [5, 5.41) is 6.79. The molecule has 6 nitrogen and oxygen atoms in total. The summed E-state index contributed by atoms with van der Waals surface area (Å²) in [6.07, 6.45) is 9.06. The Hall–Kier alpha value is -0.850. The number of rotatable bonds is 12. The molecule has 6 heteroatoms. The minimum atomic E-state index is 0.288. The highest BCUT2D eigenvalue weighted by Gasteiger charge is 2.25. The monoisotopic (exact) mass is 369 g/mol. The average molecular weight is 370 g/mol. The smallest absolute Gasteiger partial charge is 0.191 e. The molecule has 2 atom stereocenters. The number of guanidine groups is 1. The molecule has 2 fully saturated rings. The maximum absolute atomic E-state index is 6.00. The number of aliphatic imine (C=N–C) groups is 1. The number of hydrogen-bond donors (Lipinski definition) is 2. The molecule has 0 aromatic heterocycles. The van der Waals surface area contributed by atoms with Gasteiger partial charge in [-0.3, -0.25) is 4.99 Å². The van der Waals surface area contributed by atoms with Crippen LogP contribution < -0.4 is 10.6 Å². The fourth-order valence-corrected chi connectivity index (χ4v) is 3.82. The summed E-state index contributed by atoms with van der Waals surface area (Å²) < 4.78 is 17.1. The summed E-state index contributed by atoms with van der Waals surface area (Å²) in [7, 11) is 0. The molecule has 1 aliphatic carbocycles. The van der Waals surface area contributed by atoms with E-state index in [0.717, 1.165) is 77.2 Å². The van der Waals surface area contributed by atoms with Crippen molar-refractivity contribution >= 4 is 5.96 Å². The van der Waals surface area contributed by atoms with Crippen molar-refractivity contribution in [1.29, 1.82) is 0 Å². The molecule has 2 N–H and O–H groups in total. The lowest BCUT2D eigenvalue weighted by atomic mass is 9.98. The Morgan fingerprint density at radius 3 is 2.73 bits per heavy atom. The molecule has 2 aliphatic rings. The summed E-state index contributed by atoms with van der Waals surface area (Å²) in [5.41, 5.74) is 0. The van der Waals surface area contributed by atoms with E-state index in [-0.39, 0.29) is 6.10 Å². The van der Waals surface area contributed by atoms with Crippen LogP contribution in [-0.2, 0) is 14.2 Å². The zero-order valence-electron chi connectivity index (χ0n) is 16.8. The number of nitrogens with one attached hydrogen (secondary N) is 2. The number of hydrogen-bond acceptors (Lipinski definition) is 4. The lowest BCUT2D eigenvalue weighted by molar-refractivity contribution is 0.0169. The third kappa shape index (κ3) is 8.23. The predicted molar refractivity (Wildman–Crippen MR) is 106 cm³/mol. The van der Waals surface area contributed by atoms with Crippen LogP contribution >= 0.6 is 0 Å². The molecule has 1 saturated carbocycles. The van der Waals surface area contributed by atoms with E-state index in [2.05, 4.69) is 29.5 Å². The quantitative estimate of drug-likeness (QED) is 0.315. The van der Waals surface area contributed by atoms with Crippen LogP contribution in [0.4, 0.5) is 0 Å². The van der Waals surface area contributed by atoms with Crippen LogP contribution in [-0.4, -0.2) is 64.2 Å². The first-order valence-corrected chi connectivity index (χ1v) is 10.7. The second-order valence-corrected chi connectivity index (χ2v) is 7.22. The zero-order valence-corrected chi connectivity index (χ0v) is 16.8. The highest BCUT2D eigenvalue weighted by Crippen LogP contribution is 2.30. The van der Waals surface area contributed by atoms with Gasteiger partial charge in [0.05, 0.1) is 18.8 Å². The lowest BCUT2D eigenvalue weighted by Gasteiger charge is -2.24. The Morgan fingerprint density at radius 2 is 2.04 bits per heavy atom. The van der Waals surface area contributed by atoms with Crippen molar-refractivity contribution in [2.45, 2.75) is 71.0 Å². The van der Waals surface area contributed by atoms with E-state index in [1.165, 1.54) is 25.7 Å². The van der Waals surface area contributed by atoms with Gasteiger partial charge in [0, 0.05) is 39.5 Å². The van der Waals surface area contributed by atoms with Crippen LogP contribution in [0.1, 0.15) is 58.8 Å². The Balaban J connectivity index is 1.63. The molecule has 1 aliphatic heterocycles. The Morgan fingerprint density at radius 1 is 1.19 bits per heavy atom. The van der Waals surface area contributed by atoms with E-state index in [4.69, 9.17) is 14.2 Å². The maximum Gasteiger partial charge on any atom is 0.191 e. The third-order valence-corrected chi connectivity index (χ3v) is 5.19. The van der Waals surface area contributed by atoms with Crippen molar-refractivity contribution in [2.24, 2.45) is 10.9 Å². The highest BCUT2D eigenvalue weighted by molar-refractivity contribution is 5.79. The average Bonchev–Trinajstić information content (AvgIpc) is 3.34. The van der Waals surface area contributed by atoms with Crippen LogP contribution in [0.5, 0.6) is 0 Å². The van der Waals surface area contributed by atoms with Gasteiger partial charge in [-0.25, -0.2) is 0 Å². The summed E-state index contributed by atoms with van der Waals surface area (Å²) in [6, 6.07) is 0. The molecule has 26 heavy (non-hydrogen) atoms. The van der Waals surface area contributed by atoms with Gasteiger partial charge in [0.2, 0.25) is 0 Å². The number of ether oxygens (including phenoxy) is 3. The van der Waals surface area contributed by atoms with Gasteiger partial charge in [-0.1, -0.05) is 12.8 Å². The van der Waals surface area contributed by atoms with Crippen LogP contribution in [0.25, 0.3) is 0 Å². The molecule has 0 amide bonds. The zero-order chi connectivity index (χ0) is 18.5. The van der Waals surface area contributed by atoms with E-state index >= 15 is 0 Å². The first-order chi connectivity index (χ1) is 12.8. The van der Waals surface area contributed by atoms with Gasteiger partial charge >= 0.3 is 0 Å². The van der Waals surface area contributed by atoms with Crippen LogP contribution in [0.15, 0.2) is 4.99 Å². The number of nitrogens with zero attached hydrogens (tertiary/aromatic N) is 1. The second kappa shape index (κ2) is 13.3. The molecule has 0 radical (unpaired) electrons. The normalized spacial score (nSPS) is 22.7. The molecular weight excluding hydrogens is 330 g/mol. The van der Waals surface area contributed by atoms with Gasteiger partial charge in [-0.05, 0) is 51.9 Å².